The van der Waals surface area contributed by atoms with Crippen LogP contribution < -0.4 is 15.9 Å². The van der Waals surface area contributed by atoms with E-state index < -0.39 is 23.5 Å². The molecule has 0 radical (unpaired) electrons. The molecule has 0 aliphatic heterocycles. The molecule has 0 unspecified atom stereocenters. The molecule has 0 heterocycles. The zero-order valence-corrected chi connectivity index (χ0v) is 24.0. The summed E-state index contributed by atoms with van der Waals surface area (Å²) in [7, 11) is -7.06. The molecule has 3 aromatic rings. The summed E-state index contributed by atoms with van der Waals surface area (Å²) < 4.78 is 58.9. The first-order valence-corrected chi connectivity index (χ1v) is 13.5. The van der Waals surface area contributed by atoms with E-state index in [1.54, 1.807) is 0 Å². The summed E-state index contributed by atoms with van der Waals surface area (Å²) in [5, 5.41) is 4.68. The van der Waals surface area contributed by atoms with Gasteiger partial charge in [0.1, 0.15) is 15.9 Å². The molecular formula is C23H24AuCl2F3O3PS+. The van der Waals surface area contributed by atoms with Crippen LogP contribution in [0.5, 0.6) is 0 Å². The van der Waals surface area contributed by atoms with Crippen LogP contribution in [0.15, 0.2) is 72.8 Å². The minimum Gasteiger partial charge on any atom is -0.741 e. The fourth-order valence-electron chi connectivity index (χ4n) is 3.00. The predicted octanol–water partition coefficient (Wildman–Crippen LogP) is 5.57. The molecule has 0 atom stereocenters. The zero-order chi connectivity index (χ0) is 25.2. The monoisotopic (exact) mass is 735 g/mol. The molecule has 0 aromatic heterocycles. The van der Waals surface area contributed by atoms with Crippen molar-refractivity contribution in [1.29, 1.82) is 0 Å². The number of aryl methyl sites for hydroxylation is 3. The van der Waals surface area contributed by atoms with Crippen molar-refractivity contribution < 1.29 is 48.5 Å². The largest absolute Gasteiger partial charge is 1.00 e. The van der Waals surface area contributed by atoms with Gasteiger partial charge in [-0.15, -0.1) is 23.2 Å². The fourth-order valence-corrected chi connectivity index (χ4v) is 6.09. The van der Waals surface area contributed by atoms with Crippen LogP contribution >= 0.6 is 31.1 Å². The standard InChI is InChI=1S/C21H21P.CH2Cl2.CHF3O3S.Au/c1-16-10-4-7-13-19(16)22(20-14-8-5-11-17(20)2)21-15-9-6-12-18(21)3;2-1-3;2-1(3,4)8(5,6)7;/h4-15H,1-3H3;1H2;(H,5,6,7);/q;;;+1. The summed E-state index contributed by atoms with van der Waals surface area (Å²) in [4.78, 5) is 0. The summed E-state index contributed by atoms with van der Waals surface area (Å²) in [6, 6.07) is 26.5. The van der Waals surface area contributed by atoms with E-state index >= 15 is 0 Å². The van der Waals surface area contributed by atoms with E-state index in [0.717, 1.165) is 0 Å². The van der Waals surface area contributed by atoms with Crippen LogP contribution in [0.3, 0.4) is 0 Å². The number of halogens is 5. The third-order valence-electron chi connectivity index (χ3n) is 4.53. The Kier molecular flexibility index (Phi) is 14.9. The normalized spacial score (nSPS) is 10.9. The van der Waals surface area contributed by atoms with Crippen LogP contribution in [0, 0.1) is 20.8 Å². The van der Waals surface area contributed by atoms with Gasteiger partial charge in [-0.2, -0.15) is 13.2 Å². The van der Waals surface area contributed by atoms with Crippen LogP contribution in [-0.2, 0) is 32.5 Å². The van der Waals surface area contributed by atoms with Gasteiger partial charge in [0.15, 0.2) is 10.1 Å². The number of hydrogen-bond donors (Lipinski definition) is 0. The summed E-state index contributed by atoms with van der Waals surface area (Å²) in [5.74, 6) is 0. The second kappa shape index (κ2) is 15.3. The molecule has 0 fully saturated rings. The Morgan fingerprint density at radius 1 is 0.735 bits per heavy atom. The van der Waals surface area contributed by atoms with Crippen molar-refractivity contribution in [2.45, 2.75) is 26.3 Å². The van der Waals surface area contributed by atoms with Gasteiger partial charge in [0.2, 0.25) is 0 Å². The maximum atomic E-state index is 10.7. The van der Waals surface area contributed by atoms with Crippen molar-refractivity contribution >= 4 is 57.2 Å². The molecule has 0 amide bonds. The predicted molar refractivity (Wildman–Crippen MR) is 133 cm³/mol. The van der Waals surface area contributed by atoms with E-state index in [2.05, 4.69) is 93.6 Å². The van der Waals surface area contributed by atoms with E-state index in [1.165, 1.54) is 32.6 Å². The van der Waals surface area contributed by atoms with Crippen molar-refractivity contribution in [2.24, 2.45) is 0 Å². The molecule has 3 rings (SSSR count). The van der Waals surface area contributed by atoms with Crippen LogP contribution in [0.4, 0.5) is 13.2 Å². The first-order chi connectivity index (χ1) is 15.3. The first-order valence-electron chi connectivity index (χ1n) is 9.54. The Hall–Kier alpha value is -0.890. The topological polar surface area (TPSA) is 57.2 Å². The molecule has 0 saturated carbocycles. The van der Waals surface area contributed by atoms with E-state index in [4.69, 9.17) is 36.2 Å². The Bertz CT molecular complexity index is 1040. The van der Waals surface area contributed by atoms with Crippen LogP contribution in [0.25, 0.3) is 0 Å². The molecule has 3 nitrogen and oxygen atoms in total. The molecular weight excluding hydrogens is 712 g/mol. The van der Waals surface area contributed by atoms with Gasteiger partial charge < -0.3 is 4.55 Å². The molecule has 3 aromatic carbocycles. The van der Waals surface area contributed by atoms with Crippen LogP contribution in [0.1, 0.15) is 16.7 Å². The fraction of sp³-hybridized carbons (Fsp3) is 0.217. The first kappa shape index (κ1) is 33.1. The smallest absolute Gasteiger partial charge is 0.741 e. The molecule has 34 heavy (non-hydrogen) atoms. The average Bonchev–Trinajstić information content (AvgIpc) is 2.72. The van der Waals surface area contributed by atoms with Crippen molar-refractivity contribution in [2.75, 3.05) is 5.34 Å². The summed E-state index contributed by atoms with van der Waals surface area (Å²) in [6.45, 7) is 6.70. The Morgan fingerprint density at radius 2 is 0.941 bits per heavy atom. The quantitative estimate of drug-likeness (QED) is 0.116. The van der Waals surface area contributed by atoms with Gasteiger partial charge in [0.25, 0.3) is 0 Å². The van der Waals surface area contributed by atoms with Gasteiger partial charge in [-0.25, -0.2) is 8.42 Å². The van der Waals surface area contributed by atoms with Gasteiger partial charge in [0, 0.05) is 0 Å². The Balaban J connectivity index is 0.000000770. The van der Waals surface area contributed by atoms with Gasteiger partial charge >= 0.3 is 27.9 Å². The maximum absolute atomic E-state index is 10.7. The molecule has 0 saturated heterocycles. The van der Waals surface area contributed by atoms with Gasteiger partial charge in [-0.1, -0.05) is 54.6 Å². The van der Waals surface area contributed by atoms with Crippen molar-refractivity contribution in [3.8, 4) is 0 Å². The van der Waals surface area contributed by atoms with Gasteiger partial charge in [-0.05, 0) is 55.7 Å². The SMILES string of the molecule is Cc1ccccc1[PH+](c1ccccc1C)c1ccccc1C.ClCCl.O=S(=O)([O-])C(F)(F)F.[Au+]. The third kappa shape index (κ3) is 10.00. The Labute approximate surface area is 225 Å². The number of rotatable bonds is 3. The van der Waals surface area contributed by atoms with E-state index in [0.29, 0.717) is 0 Å². The molecule has 0 bridgehead atoms. The van der Waals surface area contributed by atoms with Crippen molar-refractivity contribution in [3.05, 3.63) is 89.5 Å². The maximum Gasteiger partial charge on any atom is 1.00 e. The van der Waals surface area contributed by atoms with Crippen molar-refractivity contribution in [1.82, 2.24) is 0 Å². The number of alkyl halides is 5. The van der Waals surface area contributed by atoms with Crippen LogP contribution in [0.2, 0.25) is 0 Å². The van der Waals surface area contributed by atoms with E-state index in [9.17, 15) is 13.2 Å². The summed E-state index contributed by atoms with van der Waals surface area (Å²) in [5.41, 5.74) is -1.47. The van der Waals surface area contributed by atoms with Gasteiger partial charge in [-0.3, -0.25) is 0 Å². The third-order valence-corrected chi connectivity index (χ3v) is 8.39. The number of hydrogen-bond acceptors (Lipinski definition) is 3. The minimum absolute atomic E-state index is 0. The summed E-state index contributed by atoms with van der Waals surface area (Å²) in [6.07, 6.45) is 0. The van der Waals surface area contributed by atoms with Crippen molar-refractivity contribution in [3.63, 3.8) is 0 Å². The minimum atomic E-state index is -6.09. The second-order valence-corrected chi connectivity index (χ2v) is 11.4. The molecule has 0 N–H and O–H groups in total. The van der Waals surface area contributed by atoms with E-state index in [-0.39, 0.29) is 27.7 Å². The molecule has 11 heteroatoms. The number of benzene rings is 3. The van der Waals surface area contributed by atoms with Crippen LogP contribution in [-0.4, -0.2) is 23.8 Å². The average molecular weight is 736 g/mol. The molecule has 0 aliphatic carbocycles. The van der Waals surface area contributed by atoms with Gasteiger partial charge in [0.05, 0.1) is 13.3 Å². The Morgan fingerprint density at radius 3 is 1.12 bits per heavy atom. The molecule has 0 aliphatic rings. The zero-order valence-electron chi connectivity index (χ0n) is 18.5. The molecule has 0 spiro atoms. The molecule has 190 valence electrons. The second-order valence-electron chi connectivity index (χ2n) is 6.82. The summed E-state index contributed by atoms with van der Waals surface area (Å²) >= 11 is 9.53. The van der Waals surface area contributed by atoms with E-state index in [1.807, 2.05) is 0 Å².